The summed E-state index contributed by atoms with van der Waals surface area (Å²) in [7, 11) is 2.94. The van der Waals surface area contributed by atoms with E-state index >= 15 is 0 Å². The molecule has 0 radical (unpaired) electrons. The van der Waals surface area contributed by atoms with Gasteiger partial charge in [-0.2, -0.15) is 0 Å². The van der Waals surface area contributed by atoms with Crippen LogP contribution in [0.5, 0.6) is 0 Å². The van der Waals surface area contributed by atoms with E-state index in [0.29, 0.717) is 5.65 Å². The van der Waals surface area contributed by atoms with Gasteiger partial charge in [-0.05, 0) is 0 Å². The molecule has 2 heterocycles. The molecule has 0 atom stereocenters. The Bertz CT molecular complexity index is 696. The maximum Gasteiger partial charge on any atom is 0.332 e. The molecular weight excluding hydrogens is 196 g/mol. The Morgan fingerprint density at radius 3 is 2.60 bits per heavy atom. The van der Waals surface area contributed by atoms with Crippen LogP contribution in [0.4, 0.5) is 0 Å². The van der Waals surface area contributed by atoms with Crippen LogP contribution in [0.2, 0.25) is 0 Å². The highest BCUT2D eigenvalue weighted by Gasteiger charge is 2.12. The summed E-state index contributed by atoms with van der Waals surface area (Å²) in [6.07, 6.45) is 6.55. The van der Waals surface area contributed by atoms with Crippen LogP contribution in [0, 0.1) is 12.5 Å². The maximum absolute atomic E-state index is 11.6. The molecule has 15 heavy (non-hydrogen) atoms. The Hall–Kier alpha value is -2.29. The van der Waals surface area contributed by atoms with Gasteiger partial charge in [0.1, 0.15) is 6.33 Å². The van der Waals surface area contributed by atoms with Crippen LogP contribution < -0.4 is 11.2 Å². The topological polar surface area (TPSA) is 61.8 Å². The number of fused-ring (bicyclic) bond motifs is 1. The van der Waals surface area contributed by atoms with Crippen LogP contribution in [0.25, 0.3) is 11.2 Å². The highest BCUT2D eigenvalue weighted by Crippen LogP contribution is 2.03. The van der Waals surface area contributed by atoms with Crippen molar-refractivity contribution in [2.75, 3.05) is 0 Å². The van der Waals surface area contributed by atoms with Gasteiger partial charge >= 0.3 is 5.69 Å². The predicted octanol–water partition coefficient (Wildman–Crippen LogP) is -1.13. The van der Waals surface area contributed by atoms with E-state index in [0.717, 1.165) is 4.57 Å². The second-order valence-electron chi connectivity index (χ2n) is 3.12. The van der Waals surface area contributed by atoms with E-state index in [2.05, 4.69) is 11.0 Å². The average molecular weight is 204 g/mol. The van der Waals surface area contributed by atoms with E-state index in [4.69, 9.17) is 6.42 Å². The first kappa shape index (κ1) is 9.27. The van der Waals surface area contributed by atoms with Crippen molar-refractivity contribution in [2.24, 2.45) is 14.1 Å². The molecule has 2 aromatic rings. The van der Waals surface area contributed by atoms with Crippen LogP contribution in [0.15, 0.2) is 15.9 Å². The molecule has 2 rings (SSSR count). The van der Waals surface area contributed by atoms with Gasteiger partial charge in [-0.3, -0.25) is 13.9 Å². The average Bonchev–Trinajstić information content (AvgIpc) is 2.67. The van der Waals surface area contributed by atoms with Crippen LogP contribution in [0.3, 0.4) is 0 Å². The fourth-order valence-electron chi connectivity index (χ4n) is 1.47. The molecule has 0 spiro atoms. The molecular formula is C9H8N4O2. The Balaban J connectivity index is 3.20. The lowest BCUT2D eigenvalue weighted by Crippen LogP contribution is -2.37. The van der Waals surface area contributed by atoms with Gasteiger partial charge in [0.15, 0.2) is 11.2 Å². The van der Waals surface area contributed by atoms with Crippen molar-refractivity contribution in [2.45, 2.75) is 0 Å². The SMILES string of the molecule is C#Cn1cnc2c(=O)n(C)c(=O)n(C)c21. The van der Waals surface area contributed by atoms with Crippen LogP contribution in [-0.2, 0) is 14.1 Å². The van der Waals surface area contributed by atoms with E-state index in [-0.39, 0.29) is 5.52 Å². The van der Waals surface area contributed by atoms with Crippen molar-refractivity contribution >= 4 is 11.2 Å². The molecule has 0 aliphatic heterocycles. The molecule has 0 unspecified atom stereocenters. The smallest absolute Gasteiger partial charge is 0.280 e. The predicted molar refractivity (Wildman–Crippen MR) is 54.4 cm³/mol. The largest absolute Gasteiger partial charge is 0.332 e. The minimum absolute atomic E-state index is 0.192. The molecule has 2 aromatic heterocycles. The van der Waals surface area contributed by atoms with Gasteiger partial charge in [-0.15, -0.1) is 0 Å². The van der Waals surface area contributed by atoms with Crippen molar-refractivity contribution in [3.05, 3.63) is 27.2 Å². The summed E-state index contributed by atoms with van der Waals surface area (Å²) in [5.74, 6) is 0. The molecule has 0 saturated carbocycles. The monoisotopic (exact) mass is 204 g/mol. The maximum atomic E-state index is 11.6. The van der Waals surface area contributed by atoms with Gasteiger partial charge in [-0.25, -0.2) is 14.3 Å². The molecule has 0 amide bonds. The minimum Gasteiger partial charge on any atom is -0.280 e. The summed E-state index contributed by atoms with van der Waals surface area (Å²) in [6.45, 7) is 0. The molecule has 0 aromatic carbocycles. The summed E-state index contributed by atoms with van der Waals surface area (Å²) in [5.41, 5.74) is -0.338. The number of aromatic nitrogens is 4. The number of rotatable bonds is 0. The summed E-state index contributed by atoms with van der Waals surface area (Å²) < 4.78 is 3.60. The van der Waals surface area contributed by atoms with Crippen molar-refractivity contribution in [1.29, 1.82) is 0 Å². The van der Waals surface area contributed by atoms with E-state index < -0.39 is 11.2 Å². The minimum atomic E-state index is -0.442. The Morgan fingerprint density at radius 2 is 2.00 bits per heavy atom. The van der Waals surface area contributed by atoms with Crippen LogP contribution in [-0.4, -0.2) is 18.7 Å². The van der Waals surface area contributed by atoms with Crippen LogP contribution in [0.1, 0.15) is 0 Å². The fourth-order valence-corrected chi connectivity index (χ4v) is 1.47. The number of hydrogen-bond donors (Lipinski definition) is 0. The first-order valence-electron chi connectivity index (χ1n) is 4.17. The number of terminal acetylenes is 1. The molecule has 0 fully saturated rings. The van der Waals surface area contributed by atoms with E-state index in [9.17, 15) is 9.59 Å². The molecule has 0 saturated heterocycles. The van der Waals surface area contributed by atoms with Crippen molar-refractivity contribution in [3.63, 3.8) is 0 Å². The quantitative estimate of drug-likeness (QED) is 0.510. The lowest BCUT2D eigenvalue weighted by atomic mass is 10.5. The number of aryl methyl sites for hydroxylation is 1. The van der Waals surface area contributed by atoms with Crippen molar-refractivity contribution in [1.82, 2.24) is 18.7 Å². The Labute approximate surface area is 84.4 Å². The Morgan fingerprint density at radius 1 is 1.33 bits per heavy atom. The third-order valence-electron chi connectivity index (χ3n) is 2.28. The van der Waals surface area contributed by atoms with Gasteiger partial charge in [0.25, 0.3) is 5.56 Å². The van der Waals surface area contributed by atoms with Crippen LogP contribution >= 0.6 is 0 Å². The third kappa shape index (κ3) is 1.03. The lowest BCUT2D eigenvalue weighted by molar-refractivity contribution is 0.705. The van der Waals surface area contributed by atoms with Crippen molar-refractivity contribution < 1.29 is 0 Å². The fraction of sp³-hybridized carbons (Fsp3) is 0.222. The Kier molecular flexibility index (Phi) is 1.76. The molecule has 6 nitrogen and oxygen atoms in total. The molecule has 6 heteroatoms. The van der Waals surface area contributed by atoms with Gasteiger partial charge in [0, 0.05) is 20.1 Å². The molecule has 0 aliphatic rings. The zero-order valence-corrected chi connectivity index (χ0v) is 8.26. The zero-order chi connectivity index (χ0) is 11.2. The lowest BCUT2D eigenvalue weighted by Gasteiger charge is -2.03. The van der Waals surface area contributed by atoms with Gasteiger partial charge in [0.05, 0.1) is 0 Å². The van der Waals surface area contributed by atoms with E-state index in [1.807, 2.05) is 0 Å². The summed E-state index contributed by atoms with van der Waals surface area (Å²) >= 11 is 0. The van der Waals surface area contributed by atoms with Crippen molar-refractivity contribution in [3.8, 4) is 12.5 Å². The second-order valence-corrected chi connectivity index (χ2v) is 3.12. The highest BCUT2D eigenvalue weighted by molar-refractivity contribution is 5.70. The van der Waals surface area contributed by atoms with Gasteiger partial charge in [0.2, 0.25) is 0 Å². The molecule has 0 bridgehead atoms. The van der Waals surface area contributed by atoms with Gasteiger partial charge < -0.3 is 0 Å². The zero-order valence-electron chi connectivity index (χ0n) is 8.26. The summed E-state index contributed by atoms with van der Waals surface area (Å²) in [4.78, 5) is 27.1. The number of nitrogens with zero attached hydrogens (tertiary/aromatic N) is 4. The summed E-state index contributed by atoms with van der Waals surface area (Å²) in [6, 6.07) is 2.31. The van der Waals surface area contributed by atoms with E-state index in [1.54, 1.807) is 7.05 Å². The van der Waals surface area contributed by atoms with E-state index in [1.165, 1.54) is 22.5 Å². The summed E-state index contributed by atoms with van der Waals surface area (Å²) in [5, 5.41) is 0. The second kappa shape index (κ2) is 2.85. The molecule has 76 valence electrons. The third-order valence-corrected chi connectivity index (χ3v) is 2.28. The normalized spacial score (nSPS) is 10.5. The molecule has 0 N–H and O–H groups in total. The molecule has 0 aliphatic carbocycles. The standard InChI is InChI=1S/C9H8N4O2/c1-4-13-5-10-6-7(13)11(2)9(15)12(3)8(6)14/h1,5H,2-3H3. The first-order chi connectivity index (χ1) is 7.07. The number of imidazole rings is 1. The van der Waals surface area contributed by atoms with Gasteiger partial charge in [-0.1, -0.05) is 6.42 Å². The highest BCUT2D eigenvalue weighted by atomic mass is 16.2. The number of hydrogen-bond acceptors (Lipinski definition) is 3. The first-order valence-corrected chi connectivity index (χ1v) is 4.17.